The van der Waals surface area contributed by atoms with Gasteiger partial charge >= 0.3 is 11.9 Å². The summed E-state index contributed by atoms with van der Waals surface area (Å²) < 4.78 is 8.78. The number of esters is 2. The lowest BCUT2D eigenvalue weighted by atomic mass is 10.5. The van der Waals surface area contributed by atoms with E-state index in [9.17, 15) is 14.4 Å². The summed E-state index contributed by atoms with van der Waals surface area (Å²) in [6.45, 7) is 8.36. The molecule has 17 heavy (non-hydrogen) atoms. The molecule has 0 saturated carbocycles. The van der Waals surface area contributed by atoms with E-state index in [4.69, 9.17) is 0 Å². The summed E-state index contributed by atoms with van der Waals surface area (Å²) in [6, 6.07) is 0. The van der Waals surface area contributed by atoms with E-state index in [-0.39, 0.29) is 19.1 Å². The Hall–Kier alpha value is -2.20. The van der Waals surface area contributed by atoms with Crippen molar-refractivity contribution in [3.8, 4) is 0 Å². The van der Waals surface area contributed by atoms with Gasteiger partial charge in [0.2, 0.25) is 6.08 Å². The van der Waals surface area contributed by atoms with Crippen molar-refractivity contribution in [3.05, 3.63) is 25.5 Å². The van der Waals surface area contributed by atoms with Gasteiger partial charge in [0.25, 0.3) is 0 Å². The van der Waals surface area contributed by atoms with Gasteiger partial charge in [-0.2, -0.15) is 0 Å². The van der Waals surface area contributed by atoms with Crippen molar-refractivity contribution < 1.29 is 23.9 Å². The quantitative estimate of drug-likeness (QED) is 0.174. The van der Waals surface area contributed by atoms with Gasteiger partial charge in [-0.05, 0) is 0 Å². The number of nitrogens with zero attached hydrogens (tertiary/aromatic N) is 1. The van der Waals surface area contributed by atoms with Crippen molar-refractivity contribution in [1.29, 1.82) is 0 Å². The smallest absolute Gasteiger partial charge is 0.330 e. The average Bonchev–Trinajstić information content (AvgIpc) is 2.35. The summed E-state index contributed by atoms with van der Waals surface area (Å²) in [5.41, 5.74) is 0. The van der Waals surface area contributed by atoms with Gasteiger partial charge in [0, 0.05) is 12.5 Å². The predicted octanol–water partition coefficient (Wildman–Crippen LogP) is 1.13. The lowest BCUT2D eigenvalue weighted by Crippen LogP contribution is -2.03. The lowest BCUT2D eigenvalue weighted by Gasteiger charge is -1.94. The van der Waals surface area contributed by atoms with E-state index in [0.717, 1.165) is 12.3 Å². The van der Waals surface area contributed by atoms with Crippen LogP contribution >= 0.6 is 0 Å². The van der Waals surface area contributed by atoms with E-state index < -0.39 is 5.97 Å². The molecule has 0 saturated heterocycles. The minimum atomic E-state index is -0.513. The van der Waals surface area contributed by atoms with Gasteiger partial charge in [-0.1, -0.05) is 20.1 Å². The molecule has 0 spiro atoms. The van der Waals surface area contributed by atoms with Crippen LogP contribution < -0.4 is 0 Å². The highest BCUT2D eigenvalue weighted by Crippen LogP contribution is 1.81. The molecule has 0 aromatic rings. The topological polar surface area (TPSA) is 82.0 Å². The van der Waals surface area contributed by atoms with Crippen molar-refractivity contribution in [3.63, 3.8) is 0 Å². The summed E-state index contributed by atoms with van der Waals surface area (Å²) in [5, 5.41) is 0. The second-order valence-electron chi connectivity index (χ2n) is 2.35. The van der Waals surface area contributed by atoms with E-state index in [2.05, 4.69) is 27.6 Å². The summed E-state index contributed by atoms with van der Waals surface area (Å²) in [5.74, 6) is -0.754. The zero-order chi connectivity index (χ0) is 13.5. The Labute approximate surface area is 99.6 Å². The Bertz CT molecular complexity index is 305. The average molecular weight is 241 g/mol. The van der Waals surface area contributed by atoms with E-state index in [0.29, 0.717) is 6.42 Å². The number of hydrogen-bond donors (Lipinski definition) is 0. The molecule has 0 aliphatic heterocycles. The third-order valence-corrected chi connectivity index (χ3v) is 1.18. The van der Waals surface area contributed by atoms with Gasteiger partial charge < -0.3 is 9.47 Å². The number of ether oxygens (including phenoxy) is 2. The minimum Gasteiger partial charge on any atom is -0.461 e. The molecular weight excluding hydrogens is 226 g/mol. The first kappa shape index (κ1) is 17.2. The van der Waals surface area contributed by atoms with E-state index >= 15 is 0 Å². The van der Waals surface area contributed by atoms with E-state index in [1.165, 1.54) is 6.08 Å². The Kier molecular flexibility index (Phi) is 14.0. The fraction of sp³-hybridized carbons (Fsp3) is 0.364. The van der Waals surface area contributed by atoms with Crippen LogP contribution in [-0.4, -0.2) is 31.2 Å². The number of aliphatic imine (C=N–C) groups is 1. The van der Waals surface area contributed by atoms with Gasteiger partial charge in [0.05, 0.1) is 12.8 Å². The fourth-order valence-corrected chi connectivity index (χ4v) is 0.473. The molecule has 0 aromatic carbocycles. The first-order valence-electron chi connectivity index (χ1n) is 4.75. The maximum absolute atomic E-state index is 10.3. The van der Waals surface area contributed by atoms with Crippen LogP contribution in [0.2, 0.25) is 0 Å². The number of hydrogen-bond acceptors (Lipinski definition) is 6. The molecule has 94 valence electrons. The summed E-state index contributed by atoms with van der Waals surface area (Å²) in [6.07, 6.45) is 3.90. The van der Waals surface area contributed by atoms with Gasteiger partial charge in [0.15, 0.2) is 0 Å². The summed E-state index contributed by atoms with van der Waals surface area (Å²) in [4.78, 5) is 33.0. The molecule has 0 unspecified atom stereocenters. The van der Waals surface area contributed by atoms with Gasteiger partial charge in [-0.3, -0.25) is 4.79 Å². The second kappa shape index (κ2) is 13.8. The van der Waals surface area contributed by atoms with Crippen LogP contribution in [-0.2, 0) is 23.9 Å². The molecule has 0 aromatic heterocycles. The molecule has 0 aliphatic carbocycles. The SMILES string of the molecule is C=CC(=O)OCCN=C=O.C=COC(=O)CC. The molecule has 0 bridgehead atoms. The van der Waals surface area contributed by atoms with Crippen LogP contribution in [0.3, 0.4) is 0 Å². The van der Waals surface area contributed by atoms with Crippen LogP contribution in [0.5, 0.6) is 0 Å². The zero-order valence-electron chi connectivity index (χ0n) is 9.68. The molecule has 6 nitrogen and oxygen atoms in total. The third-order valence-electron chi connectivity index (χ3n) is 1.18. The molecular formula is C11H15NO5. The Balaban J connectivity index is 0. The molecule has 0 amide bonds. The first-order valence-corrected chi connectivity index (χ1v) is 4.75. The van der Waals surface area contributed by atoms with E-state index in [1.807, 2.05) is 0 Å². The lowest BCUT2D eigenvalue weighted by molar-refractivity contribution is -0.138. The maximum Gasteiger partial charge on any atom is 0.330 e. The van der Waals surface area contributed by atoms with Crippen molar-refractivity contribution >= 4 is 18.0 Å². The Morgan fingerprint density at radius 3 is 2.41 bits per heavy atom. The van der Waals surface area contributed by atoms with Crippen LogP contribution in [0.25, 0.3) is 0 Å². The van der Waals surface area contributed by atoms with Crippen molar-refractivity contribution in [1.82, 2.24) is 0 Å². The maximum atomic E-state index is 10.3. The highest BCUT2D eigenvalue weighted by atomic mass is 16.5. The Morgan fingerprint density at radius 1 is 1.41 bits per heavy atom. The van der Waals surface area contributed by atoms with Crippen molar-refractivity contribution in [2.24, 2.45) is 4.99 Å². The fourth-order valence-electron chi connectivity index (χ4n) is 0.473. The number of rotatable bonds is 6. The minimum absolute atomic E-state index is 0.0973. The molecule has 0 fully saturated rings. The van der Waals surface area contributed by atoms with E-state index in [1.54, 1.807) is 6.92 Å². The largest absolute Gasteiger partial charge is 0.461 e. The van der Waals surface area contributed by atoms with Crippen LogP contribution in [0, 0.1) is 0 Å². The third kappa shape index (κ3) is 16.5. The standard InChI is InChI=1S/C6H7NO3.C5H8O2/c1-2-6(9)10-4-3-7-5-8;1-3-5(6)7-4-2/h2H,1,3-4H2;4H,2-3H2,1H3. The van der Waals surface area contributed by atoms with Gasteiger partial charge in [-0.25, -0.2) is 14.6 Å². The number of isocyanates is 1. The molecule has 0 atom stereocenters. The van der Waals surface area contributed by atoms with Crippen molar-refractivity contribution in [2.75, 3.05) is 13.2 Å². The van der Waals surface area contributed by atoms with Crippen molar-refractivity contribution in [2.45, 2.75) is 13.3 Å². The monoisotopic (exact) mass is 241 g/mol. The predicted molar refractivity (Wildman–Crippen MR) is 60.7 cm³/mol. The molecule has 0 radical (unpaired) electrons. The van der Waals surface area contributed by atoms with Crippen LogP contribution in [0.15, 0.2) is 30.5 Å². The van der Waals surface area contributed by atoms with Crippen LogP contribution in [0.4, 0.5) is 0 Å². The number of carbonyl (C=O) groups excluding carboxylic acids is 3. The highest BCUT2D eigenvalue weighted by molar-refractivity contribution is 5.81. The molecule has 0 rings (SSSR count). The highest BCUT2D eigenvalue weighted by Gasteiger charge is 1.91. The number of carbonyl (C=O) groups is 2. The van der Waals surface area contributed by atoms with Gasteiger partial charge in [-0.15, -0.1) is 0 Å². The van der Waals surface area contributed by atoms with Gasteiger partial charge in [0.1, 0.15) is 6.61 Å². The molecule has 0 aliphatic rings. The second-order valence-corrected chi connectivity index (χ2v) is 2.35. The first-order chi connectivity index (χ1) is 8.12. The summed E-state index contributed by atoms with van der Waals surface area (Å²) in [7, 11) is 0. The molecule has 0 N–H and O–H groups in total. The Morgan fingerprint density at radius 2 is 2.06 bits per heavy atom. The zero-order valence-corrected chi connectivity index (χ0v) is 9.68. The summed E-state index contributed by atoms with van der Waals surface area (Å²) >= 11 is 0. The molecule has 6 heteroatoms. The molecule has 0 heterocycles. The van der Waals surface area contributed by atoms with Crippen LogP contribution in [0.1, 0.15) is 13.3 Å². The normalized spacial score (nSPS) is 7.59.